The first-order valence-electron chi connectivity index (χ1n) is 6.07. The number of hydrogen-bond donors (Lipinski definition) is 1. The minimum absolute atomic E-state index is 0.612. The standard InChI is InChI=1S/C15H17NO2S/c1-3-18-15-10-13(8-9-14(15)16)19-12-6-4-11(17-2)5-7-12/h4-10H,3,16H2,1-2H3. The summed E-state index contributed by atoms with van der Waals surface area (Å²) in [5, 5.41) is 0. The summed E-state index contributed by atoms with van der Waals surface area (Å²) in [6, 6.07) is 13.8. The van der Waals surface area contributed by atoms with Crippen molar-refractivity contribution in [1.82, 2.24) is 0 Å². The smallest absolute Gasteiger partial charge is 0.143 e. The van der Waals surface area contributed by atoms with Crippen LogP contribution in [0.2, 0.25) is 0 Å². The van der Waals surface area contributed by atoms with Crippen molar-refractivity contribution < 1.29 is 9.47 Å². The van der Waals surface area contributed by atoms with E-state index in [0.29, 0.717) is 12.3 Å². The summed E-state index contributed by atoms with van der Waals surface area (Å²) in [6.45, 7) is 2.56. The molecule has 0 aliphatic rings. The molecule has 0 atom stereocenters. The highest BCUT2D eigenvalue weighted by molar-refractivity contribution is 7.99. The maximum Gasteiger partial charge on any atom is 0.143 e. The van der Waals surface area contributed by atoms with Crippen LogP contribution in [-0.4, -0.2) is 13.7 Å². The number of nitrogens with two attached hydrogens (primary N) is 1. The molecular formula is C15H17NO2S. The molecule has 100 valence electrons. The second-order valence-electron chi connectivity index (χ2n) is 3.91. The molecule has 0 aromatic heterocycles. The fourth-order valence-corrected chi connectivity index (χ4v) is 2.48. The zero-order chi connectivity index (χ0) is 13.7. The summed E-state index contributed by atoms with van der Waals surface area (Å²) in [4.78, 5) is 2.25. The van der Waals surface area contributed by atoms with Gasteiger partial charge in [-0.2, -0.15) is 0 Å². The van der Waals surface area contributed by atoms with E-state index in [9.17, 15) is 0 Å². The van der Waals surface area contributed by atoms with Gasteiger partial charge in [0, 0.05) is 9.79 Å². The third kappa shape index (κ3) is 3.58. The van der Waals surface area contributed by atoms with Crippen LogP contribution >= 0.6 is 11.8 Å². The highest BCUT2D eigenvalue weighted by Gasteiger charge is 2.04. The van der Waals surface area contributed by atoms with Crippen molar-refractivity contribution in [2.75, 3.05) is 19.5 Å². The number of rotatable bonds is 5. The van der Waals surface area contributed by atoms with E-state index >= 15 is 0 Å². The molecule has 2 aromatic rings. The predicted molar refractivity (Wildman–Crippen MR) is 79.1 cm³/mol. The van der Waals surface area contributed by atoms with Gasteiger partial charge in [0.1, 0.15) is 11.5 Å². The van der Waals surface area contributed by atoms with Crippen LogP contribution in [0.5, 0.6) is 11.5 Å². The first-order chi connectivity index (χ1) is 9.22. The van der Waals surface area contributed by atoms with Crippen LogP contribution in [0.1, 0.15) is 6.92 Å². The van der Waals surface area contributed by atoms with Crippen LogP contribution in [-0.2, 0) is 0 Å². The van der Waals surface area contributed by atoms with Crippen LogP contribution in [0, 0.1) is 0 Å². The first kappa shape index (κ1) is 13.6. The zero-order valence-corrected chi connectivity index (χ0v) is 11.9. The van der Waals surface area contributed by atoms with E-state index in [4.69, 9.17) is 15.2 Å². The monoisotopic (exact) mass is 275 g/mol. The topological polar surface area (TPSA) is 44.5 Å². The second-order valence-corrected chi connectivity index (χ2v) is 5.06. The molecule has 2 aromatic carbocycles. The number of ether oxygens (including phenoxy) is 2. The Hall–Kier alpha value is -1.81. The summed E-state index contributed by atoms with van der Waals surface area (Å²) in [5.74, 6) is 1.60. The molecule has 0 fully saturated rings. The molecule has 2 N–H and O–H groups in total. The Morgan fingerprint density at radius 3 is 2.37 bits per heavy atom. The Bertz CT molecular complexity index is 540. The summed E-state index contributed by atoms with van der Waals surface area (Å²) < 4.78 is 10.6. The lowest BCUT2D eigenvalue weighted by molar-refractivity contribution is 0.341. The minimum Gasteiger partial charge on any atom is -0.497 e. The van der Waals surface area contributed by atoms with E-state index < -0.39 is 0 Å². The lowest BCUT2D eigenvalue weighted by Crippen LogP contribution is -1.96. The van der Waals surface area contributed by atoms with Gasteiger partial charge in [0.2, 0.25) is 0 Å². The van der Waals surface area contributed by atoms with Crippen molar-refractivity contribution in [2.24, 2.45) is 0 Å². The van der Waals surface area contributed by atoms with Gasteiger partial charge in [-0.3, -0.25) is 0 Å². The van der Waals surface area contributed by atoms with E-state index in [1.165, 1.54) is 0 Å². The molecular weight excluding hydrogens is 258 g/mol. The van der Waals surface area contributed by atoms with E-state index in [2.05, 4.69) is 0 Å². The molecule has 0 saturated carbocycles. The molecule has 0 aliphatic heterocycles. The maximum atomic E-state index is 5.86. The Labute approximate surface area is 117 Å². The van der Waals surface area contributed by atoms with Gasteiger partial charge in [0.25, 0.3) is 0 Å². The van der Waals surface area contributed by atoms with Crippen LogP contribution in [0.25, 0.3) is 0 Å². The molecule has 0 saturated heterocycles. The van der Waals surface area contributed by atoms with Gasteiger partial charge in [-0.1, -0.05) is 11.8 Å². The fraction of sp³-hybridized carbons (Fsp3) is 0.200. The van der Waals surface area contributed by atoms with Crippen molar-refractivity contribution >= 4 is 17.4 Å². The summed E-state index contributed by atoms with van der Waals surface area (Å²) in [7, 11) is 1.66. The van der Waals surface area contributed by atoms with Gasteiger partial charge < -0.3 is 15.2 Å². The number of hydrogen-bond acceptors (Lipinski definition) is 4. The molecule has 19 heavy (non-hydrogen) atoms. The third-order valence-electron chi connectivity index (χ3n) is 2.58. The molecule has 4 heteroatoms. The molecule has 3 nitrogen and oxygen atoms in total. The van der Waals surface area contributed by atoms with Crippen molar-refractivity contribution in [2.45, 2.75) is 16.7 Å². The Balaban J connectivity index is 2.15. The normalized spacial score (nSPS) is 10.2. The third-order valence-corrected chi connectivity index (χ3v) is 3.58. The van der Waals surface area contributed by atoms with Crippen molar-refractivity contribution in [3.63, 3.8) is 0 Å². The van der Waals surface area contributed by atoms with E-state index in [1.807, 2.05) is 49.4 Å². The largest absolute Gasteiger partial charge is 0.497 e. The van der Waals surface area contributed by atoms with Gasteiger partial charge >= 0.3 is 0 Å². The molecule has 0 unspecified atom stereocenters. The van der Waals surface area contributed by atoms with Crippen LogP contribution in [0.4, 0.5) is 5.69 Å². The van der Waals surface area contributed by atoms with Crippen LogP contribution < -0.4 is 15.2 Å². The van der Waals surface area contributed by atoms with Crippen molar-refractivity contribution in [3.05, 3.63) is 42.5 Å². The summed E-state index contributed by atoms with van der Waals surface area (Å²) in [5.41, 5.74) is 6.52. The molecule has 2 rings (SSSR count). The average molecular weight is 275 g/mol. The lowest BCUT2D eigenvalue weighted by atomic mass is 10.3. The SMILES string of the molecule is CCOc1cc(Sc2ccc(OC)cc2)ccc1N. The number of anilines is 1. The van der Waals surface area contributed by atoms with Crippen LogP contribution in [0.3, 0.4) is 0 Å². The van der Waals surface area contributed by atoms with E-state index in [0.717, 1.165) is 21.3 Å². The molecule has 0 bridgehead atoms. The minimum atomic E-state index is 0.612. The fourth-order valence-electron chi connectivity index (χ4n) is 1.64. The molecule has 0 heterocycles. The summed E-state index contributed by atoms with van der Waals surface area (Å²) >= 11 is 1.66. The van der Waals surface area contributed by atoms with Gasteiger partial charge in [0.05, 0.1) is 19.4 Å². The highest BCUT2D eigenvalue weighted by atomic mass is 32.2. The average Bonchev–Trinajstić information content (AvgIpc) is 2.44. The Kier molecular flexibility index (Phi) is 4.58. The quantitative estimate of drug-likeness (QED) is 0.842. The second kappa shape index (κ2) is 6.38. The van der Waals surface area contributed by atoms with Gasteiger partial charge in [-0.15, -0.1) is 0 Å². The van der Waals surface area contributed by atoms with Crippen molar-refractivity contribution in [3.8, 4) is 11.5 Å². The predicted octanol–water partition coefficient (Wildman–Crippen LogP) is 3.83. The Morgan fingerprint density at radius 1 is 1.05 bits per heavy atom. The number of benzene rings is 2. The molecule has 0 amide bonds. The van der Waals surface area contributed by atoms with Crippen molar-refractivity contribution in [1.29, 1.82) is 0 Å². The zero-order valence-electron chi connectivity index (χ0n) is 11.1. The molecule has 0 aliphatic carbocycles. The summed E-state index contributed by atoms with van der Waals surface area (Å²) in [6.07, 6.45) is 0. The molecule has 0 spiro atoms. The van der Waals surface area contributed by atoms with Gasteiger partial charge in [-0.25, -0.2) is 0 Å². The van der Waals surface area contributed by atoms with Crippen LogP contribution in [0.15, 0.2) is 52.3 Å². The number of nitrogen functional groups attached to an aromatic ring is 1. The van der Waals surface area contributed by atoms with E-state index in [1.54, 1.807) is 18.9 Å². The first-order valence-corrected chi connectivity index (χ1v) is 6.89. The van der Waals surface area contributed by atoms with E-state index in [-0.39, 0.29) is 0 Å². The highest BCUT2D eigenvalue weighted by Crippen LogP contribution is 2.33. The Morgan fingerprint density at radius 2 is 1.74 bits per heavy atom. The van der Waals surface area contributed by atoms with Gasteiger partial charge in [0.15, 0.2) is 0 Å². The number of methoxy groups -OCH3 is 1. The molecule has 0 radical (unpaired) electrons. The lowest BCUT2D eigenvalue weighted by Gasteiger charge is -2.09. The maximum absolute atomic E-state index is 5.86. The van der Waals surface area contributed by atoms with Gasteiger partial charge in [-0.05, 0) is 49.4 Å².